The minimum absolute atomic E-state index is 0.0356. The third-order valence-electron chi connectivity index (χ3n) is 5.13. The topological polar surface area (TPSA) is 70.2 Å². The van der Waals surface area contributed by atoms with E-state index in [-0.39, 0.29) is 17.8 Å². The molecular weight excluding hydrogens is 371 g/mol. The van der Waals surface area contributed by atoms with Crippen molar-refractivity contribution in [2.24, 2.45) is 0 Å². The number of benzene rings is 2. The van der Waals surface area contributed by atoms with Crippen LogP contribution >= 0.6 is 0 Å². The molecule has 1 aromatic heterocycles. The number of anilines is 1. The smallest absolute Gasteiger partial charge is 0.251 e. The molecular formula is C22H23FN4O2. The number of nitrogens with zero attached hydrogens (tertiary/aromatic N) is 2. The number of hydrogen-bond acceptors (Lipinski definition) is 4. The van der Waals surface area contributed by atoms with Gasteiger partial charge in [-0.1, -0.05) is 6.07 Å². The monoisotopic (exact) mass is 394 g/mol. The Kier molecular flexibility index (Phi) is 5.46. The van der Waals surface area contributed by atoms with E-state index < -0.39 is 0 Å². The number of carbonyl (C=O) groups excluding carboxylic acids is 1. The molecule has 1 aliphatic rings. The van der Waals surface area contributed by atoms with Crippen molar-refractivity contribution in [1.82, 2.24) is 15.5 Å². The van der Waals surface area contributed by atoms with Gasteiger partial charge in [-0.3, -0.25) is 9.89 Å². The summed E-state index contributed by atoms with van der Waals surface area (Å²) in [6.07, 6.45) is 1.88. The van der Waals surface area contributed by atoms with Gasteiger partial charge in [-0.15, -0.1) is 0 Å². The summed E-state index contributed by atoms with van der Waals surface area (Å²) < 4.78 is 18.3. The summed E-state index contributed by atoms with van der Waals surface area (Å²) in [5.74, 6) is 1.11. The number of hydrogen-bond donors (Lipinski definition) is 2. The highest BCUT2D eigenvalue weighted by atomic mass is 19.1. The fourth-order valence-electron chi connectivity index (χ4n) is 3.59. The van der Waals surface area contributed by atoms with E-state index >= 15 is 0 Å². The van der Waals surface area contributed by atoms with Gasteiger partial charge in [-0.25, -0.2) is 4.39 Å². The van der Waals surface area contributed by atoms with Crippen molar-refractivity contribution in [1.29, 1.82) is 0 Å². The molecule has 0 saturated carbocycles. The van der Waals surface area contributed by atoms with E-state index in [4.69, 9.17) is 4.74 Å². The van der Waals surface area contributed by atoms with Gasteiger partial charge in [0.2, 0.25) is 0 Å². The molecule has 0 bridgehead atoms. The highest BCUT2D eigenvalue weighted by Crippen LogP contribution is 2.24. The normalized spacial score (nSPS) is 16.5. The van der Waals surface area contributed by atoms with E-state index in [1.54, 1.807) is 31.4 Å². The van der Waals surface area contributed by atoms with Crippen LogP contribution in [0.2, 0.25) is 0 Å². The molecule has 150 valence electrons. The number of amides is 1. The first kappa shape index (κ1) is 19.0. The minimum atomic E-state index is -0.265. The Morgan fingerprint density at radius 3 is 2.86 bits per heavy atom. The lowest BCUT2D eigenvalue weighted by atomic mass is 10.0. The highest BCUT2D eigenvalue weighted by Gasteiger charge is 2.23. The van der Waals surface area contributed by atoms with Gasteiger partial charge in [0.05, 0.1) is 12.8 Å². The van der Waals surface area contributed by atoms with E-state index in [0.29, 0.717) is 17.9 Å². The van der Waals surface area contributed by atoms with Crippen LogP contribution in [0, 0.1) is 5.82 Å². The molecule has 0 aliphatic carbocycles. The number of rotatable bonds is 5. The summed E-state index contributed by atoms with van der Waals surface area (Å²) in [5.41, 5.74) is 2.30. The Morgan fingerprint density at radius 1 is 1.24 bits per heavy atom. The van der Waals surface area contributed by atoms with Crippen LogP contribution < -0.4 is 15.0 Å². The zero-order chi connectivity index (χ0) is 20.2. The van der Waals surface area contributed by atoms with Crippen molar-refractivity contribution in [3.8, 4) is 17.0 Å². The second-order valence-corrected chi connectivity index (χ2v) is 7.14. The van der Waals surface area contributed by atoms with Gasteiger partial charge >= 0.3 is 0 Å². The van der Waals surface area contributed by atoms with E-state index in [1.165, 1.54) is 12.1 Å². The van der Waals surface area contributed by atoms with E-state index in [9.17, 15) is 9.18 Å². The van der Waals surface area contributed by atoms with Crippen molar-refractivity contribution in [2.45, 2.75) is 18.9 Å². The van der Waals surface area contributed by atoms with Gasteiger partial charge in [0.25, 0.3) is 5.91 Å². The first-order valence-corrected chi connectivity index (χ1v) is 9.63. The number of methoxy groups -OCH3 is 1. The second kappa shape index (κ2) is 8.34. The van der Waals surface area contributed by atoms with Crippen LogP contribution in [0.3, 0.4) is 0 Å². The maximum absolute atomic E-state index is 13.1. The second-order valence-electron chi connectivity index (χ2n) is 7.14. The van der Waals surface area contributed by atoms with Crippen LogP contribution in [-0.2, 0) is 0 Å². The first-order chi connectivity index (χ1) is 14.1. The molecule has 1 amide bonds. The largest absolute Gasteiger partial charge is 0.497 e. The average Bonchev–Trinajstić information content (AvgIpc) is 3.25. The summed E-state index contributed by atoms with van der Waals surface area (Å²) in [5, 5.41) is 10.5. The zero-order valence-electron chi connectivity index (χ0n) is 16.2. The fourth-order valence-corrected chi connectivity index (χ4v) is 3.59. The number of aromatic amines is 1. The molecule has 1 fully saturated rings. The van der Waals surface area contributed by atoms with Gasteiger partial charge in [-0.05, 0) is 60.9 Å². The number of piperidine rings is 1. The lowest BCUT2D eigenvalue weighted by Gasteiger charge is -2.33. The fraction of sp³-hybridized carbons (Fsp3) is 0.273. The van der Waals surface area contributed by atoms with Crippen molar-refractivity contribution in [3.63, 3.8) is 0 Å². The zero-order valence-corrected chi connectivity index (χ0v) is 16.2. The molecule has 3 aromatic rings. The lowest BCUT2D eigenvalue weighted by molar-refractivity contribution is 0.0932. The summed E-state index contributed by atoms with van der Waals surface area (Å²) in [6.45, 7) is 1.56. The van der Waals surface area contributed by atoms with Gasteiger partial charge in [0, 0.05) is 30.8 Å². The van der Waals surface area contributed by atoms with Gasteiger partial charge in [0.1, 0.15) is 11.6 Å². The predicted molar refractivity (Wildman–Crippen MR) is 110 cm³/mol. The third kappa shape index (κ3) is 4.39. The Labute approximate surface area is 168 Å². The molecule has 4 rings (SSSR count). The maximum atomic E-state index is 13.1. The summed E-state index contributed by atoms with van der Waals surface area (Å²) in [4.78, 5) is 14.8. The number of halogens is 1. The van der Waals surface area contributed by atoms with Crippen molar-refractivity contribution in [2.75, 3.05) is 25.1 Å². The maximum Gasteiger partial charge on any atom is 0.251 e. The Balaban J connectivity index is 1.42. The molecule has 2 heterocycles. The summed E-state index contributed by atoms with van der Waals surface area (Å²) in [7, 11) is 1.58. The number of H-pyrrole nitrogens is 1. The van der Waals surface area contributed by atoms with Crippen LogP contribution in [-0.4, -0.2) is 42.3 Å². The molecule has 0 spiro atoms. The number of carbonyl (C=O) groups is 1. The molecule has 1 atom stereocenters. The quantitative estimate of drug-likeness (QED) is 0.693. The molecule has 1 aliphatic heterocycles. The third-order valence-corrected chi connectivity index (χ3v) is 5.13. The van der Waals surface area contributed by atoms with Gasteiger partial charge < -0.3 is 15.0 Å². The van der Waals surface area contributed by atoms with E-state index in [0.717, 1.165) is 36.5 Å². The Morgan fingerprint density at radius 2 is 2.07 bits per heavy atom. The van der Waals surface area contributed by atoms with Crippen LogP contribution in [0.5, 0.6) is 5.75 Å². The molecule has 2 N–H and O–H groups in total. The summed E-state index contributed by atoms with van der Waals surface area (Å²) >= 11 is 0. The molecule has 7 heteroatoms. The molecule has 0 radical (unpaired) electrons. The predicted octanol–water partition coefficient (Wildman–Crippen LogP) is 3.62. The molecule has 0 unspecified atom stereocenters. The molecule has 6 nitrogen and oxygen atoms in total. The van der Waals surface area contributed by atoms with E-state index in [1.807, 2.05) is 18.2 Å². The standard InChI is InChI=1S/C22H23FN4O2/c1-29-19-6-2-4-16(12-19)22(28)24-18-5-3-11-27(14-18)21-13-20(25-26-21)15-7-9-17(23)10-8-15/h2,4,6-10,12-13,18H,3,5,11,14H2,1H3,(H,24,28)(H,25,26)/t18-/m1/s1. The minimum Gasteiger partial charge on any atom is -0.497 e. The first-order valence-electron chi connectivity index (χ1n) is 9.63. The number of nitrogens with one attached hydrogen (secondary N) is 2. The van der Waals surface area contributed by atoms with Crippen molar-refractivity contribution >= 4 is 11.7 Å². The average molecular weight is 394 g/mol. The van der Waals surface area contributed by atoms with Crippen LogP contribution in [0.4, 0.5) is 10.2 Å². The Hall–Kier alpha value is -3.35. The summed E-state index contributed by atoms with van der Waals surface area (Å²) in [6, 6.07) is 15.4. The van der Waals surface area contributed by atoms with Crippen molar-refractivity contribution in [3.05, 3.63) is 66.0 Å². The van der Waals surface area contributed by atoms with Crippen LogP contribution in [0.15, 0.2) is 54.6 Å². The van der Waals surface area contributed by atoms with Crippen LogP contribution in [0.25, 0.3) is 11.3 Å². The van der Waals surface area contributed by atoms with E-state index in [2.05, 4.69) is 20.4 Å². The lowest BCUT2D eigenvalue weighted by Crippen LogP contribution is -2.48. The highest BCUT2D eigenvalue weighted by molar-refractivity contribution is 5.94. The molecule has 29 heavy (non-hydrogen) atoms. The van der Waals surface area contributed by atoms with Gasteiger partial charge in [0.15, 0.2) is 5.82 Å². The molecule has 1 saturated heterocycles. The number of ether oxygens (including phenoxy) is 1. The van der Waals surface area contributed by atoms with Crippen molar-refractivity contribution < 1.29 is 13.9 Å². The number of aromatic nitrogens is 2. The van der Waals surface area contributed by atoms with Gasteiger partial charge in [-0.2, -0.15) is 5.10 Å². The SMILES string of the molecule is COc1cccc(C(=O)N[C@@H]2CCCN(c3cc(-c4ccc(F)cc4)[nH]n3)C2)c1. The Bertz CT molecular complexity index is 986. The molecule has 2 aromatic carbocycles. The van der Waals surface area contributed by atoms with Crippen LogP contribution in [0.1, 0.15) is 23.2 Å².